The number of hydrogen-bond donors (Lipinski definition) is 0. The van der Waals surface area contributed by atoms with Crippen LogP contribution in [0.15, 0.2) is 30.3 Å². The zero-order valence-corrected chi connectivity index (χ0v) is 38.1. The van der Waals surface area contributed by atoms with Gasteiger partial charge in [0.15, 0.2) is 18.9 Å². The molecule has 0 N–H and O–H groups in total. The van der Waals surface area contributed by atoms with Crippen LogP contribution in [0.25, 0.3) is 0 Å². The van der Waals surface area contributed by atoms with E-state index >= 15 is 0 Å². The van der Waals surface area contributed by atoms with Gasteiger partial charge < -0.3 is 56.8 Å². The Morgan fingerprint density at radius 1 is 0.633 bits per heavy atom. The van der Waals surface area contributed by atoms with Gasteiger partial charge >= 0.3 is 5.97 Å². The summed E-state index contributed by atoms with van der Waals surface area (Å²) >= 11 is 0. The van der Waals surface area contributed by atoms with E-state index in [2.05, 4.69) is 41.5 Å². The molecule has 0 radical (unpaired) electrons. The van der Waals surface area contributed by atoms with Gasteiger partial charge in [0, 0.05) is 45.0 Å². The first-order chi connectivity index (χ1) is 29.5. The fraction of sp³-hybridized carbons (Fsp3) is 0.851. The van der Waals surface area contributed by atoms with Gasteiger partial charge in [-0.25, -0.2) is 0 Å². The first-order valence-electron chi connectivity index (χ1n) is 23.5. The van der Waals surface area contributed by atoms with Crippen LogP contribution in [0.3, 0.4) is 0 Å². The topological polar surface area (TPSA) is 128 Å². The van der Waals surface area contributed by atoms with E-state index in [9.17, 15) is 4.79 Å². The van der Waals surface area contributed by atoms with Crippen molar-refractivity contribution in [3.63, 3.8) is 0 Å². The molecule has 9 atom stereocenters. The van der Waals surface area contributed by atoms with Crippen molar-refractivity contribution in [2.45, 2.75) is 187 Å². The number of ether oxygens (including phenoxy) is 12. The molecule has 2 fully saturated rings. The van der Waals surface area contributed by atoms with Crippen molar-refractivity contribution in [1.29, 1.82) is 0 Å². The van der Waals surface area contributed by atoms with E-state index in [0.29, 0.717) is 46.1 Å². The molecule has 60 heavy (non-hydrogen) atoms. The van der Waals surface area contributed by atoms with E-state index in [0.717, 1.165) is 82.6 Å². The second kappa shape index (κ2) is 33.8. The molecular weight excluding hydrogens is 773 g/mol. The molecule has 13 nitrogen and oxygen atoms in total. The van der Waals surface area contributed by atoms with Crippen molar-refractivity contribution in [2.24, 2.45) is 0 Å². The Balaban J connectivity index is 1.92. The van der Waals surface area contributed by atoms with Crippen LogP contribution in [0, 0.1) is 0 Å². The highest BCUT2D eigenvalue weighted by Gasteiger charge is 2.52. The molecule has 13 heteroatoms. The van der Waals surface area contributed by atoms with Crippen molar-refractivity contribution >= 4 is 5.97 Å². The second-order valence-electron chi connectivity index (χ2n) is 15.7. The summed E-state index contributed by atoms with van der Waals surface area (Å²) in [5, 5.41) is 0. The van der Waals surface area contributed by atoms with Crippen molar-refractivity contribution < 1.29 is 61.6 Å². The Morgan fingerprint density at radius 3 is 1.83 bits per heavy atom. The summed E-state index contributed by atoms with van der Waals surface area (Å²) in [7, 11) is 0. The smallest absolute Gasteiger partial charge is 0.305 e. The van der Waals surface area contributed by atoms with E-state index in [4.69, 9.17) is 56.8 Å². The van der Waals surface area contributed by atoms with Gasteiger partial charge in [-0.2, -0.15) is 0 Å². The summed E-state index contributed by atoms with van der Waals surface area (Å²) in [6.45, 7) is 17.1. The number of unbranched alkanes of at least 4 members (excludes halogenated alkanes) is 6. The molecule has 5 unspecified atom stereocenters. The Labute approximate surface area is 362 Å². The first-order valence-corrected chi connectivity index (χ1v) is 23.5. The van der Waals surface area contributed by atoms with Crippen LogP contribution >= 0.6 is 0 Å². The van der Waals surface area contributed by atoms with Gasteiger partial charge in [0.2, 0.25) is 0 Å². The number of carbonyl (C=O) groups excluding carboxylic acids is 1. The summed E-state index contributed by atoms with van der Waals surface area (Å²) in [6.07, 6.45) is 6.44. The third-order valence-electron chi connectivity index (χ3n) is 10.4. The Kier molecular flexibility index (Phi) is 29.6. The van der Waals surface area contributed by atoms with E-state index in [1.165, 1.54) is 0 Å². The maximum absolute atomic E-state index is 12.3. The van der Waals surface area contributed by atoms with Crippen molar-refractivity contribution in [1.82, 2.24) is 0 Å². The van der Waals surface area contributed by atoms with Gasteiger partial charge in [0.1, 0.15) is 36.6 Å². The van der Waals surface area contributed by atoms with Gasteiger partial charge in [-0.15, -0.1) is 0 Å². The van der Waals surface area contributed by atoms with Crippen LogP contribution in [0.5, 0.6) is 0 Å². The SMILES string of the molecule is CCCCOCC(O[C@H](COCCCC)OCCCC(=O)OCCCC)[C@H](COCCCC)O[C@@H]1OC2COC(c3ccccc3)O[C@@H]2C(OCCCC)C1OCCCC. The summed E-state index contributed by atoms with van der Waals surface area (Å²) in [6, 6.07) is 9.94. The Morgan fingerprint density at radius 2 is 1.20 bits per heavy atom. The average molecular weight is 855 g/mol. The summed E-state index contributed by atoms with van der Waals surface area (Å²) in [4.78, 5) is 12.3. The molecule has 1 aromatic rings. The van der Waals surface area contributed by atoms with Crippen LogP contribution < -0.4 is 0 Å². The number of rotatable bonds is 37. The molecule has 0 aromatic heterocycles. The van der Waals surface area contributed by atoms with Crippen molar-refractivity contribution in [3.8, 4) is 0 Å². The van der Waals surface area contributed by atoms with Gasteiger partial charge in [0.05, 0.1) is 39.6 Å². The monoisotopic (exact) mass is 855 g/mol. The molecule has 0 spiro atoms. The molecule has 2 saturated heterocycles. The molecule has 2 aliphatic heterocycles. The number of esters is 1. The lowest BCUT2D eigenvalue weighted by molar-refractivity contribution is -0.381. The molecule has 2 heterocycles. The molecule has 2 aliphatic rings. The minimum absolute atomic E-state index is 0.201. The number of benzene rings is 1. The minimum atomic E-state index is -0.865. The Bertz CT molecular complexity index is 1160. The lowest BCUT2D eigenvalue weighted by Gasteiger charge is -2.49. The predicted octanol–water partition coefficient (Wildman–Crippen LogP) is 8.88. The number of fused-ring (bicyclic) bond motifs is 1. The van der Waals surface area contributed by atoms with E-state index in [1.54, 1.807) is 0 Å². The largest absolute Gasteiger partial charge is 0.466 e. The molecule has 0 amide bonds. The molecule has 348 valence electrons. The van der Waals surface area contributed by atoms with Gasteiger partial charge in [-0.05, 0) is 44.9 Å². The number of hydrogen-bond acceptors (Lipinski definition) is 13. The van der Waals surface area contributed by atoms with E-state index in [1.807, 2.05) is 30.3 Å². The normalized spacial score (nSPS) is 23.2. The maximum atomic E-state index is 12.3. The molecule has 0 aliphatic carbocycles. The van der Waals surface area contributed by atoms with Crippen LogP contribution in [0.4, 0.5) is 0 Å². The van der Waals surface area contributed by atoms with Crippen LogP contribution in [-0.2, 0) is 61.6 Å². The number of carbonyl (C=O) groups is 1. The highest BCUT2D eigenvalue weighted by molar-refractivity contribution is 5.69. The molecule has 0 saturated carbocycles. The van der Waals surface area contributed by atoms with Crippen LogP contribution in [0.1, 0.15) is 143 Å². The summed E-state index contributed by atoms with van der Waals surface area (Å²) in [5.41, 5.74) is 0.930. The van der Waals surface area contributed by atoms with Crippen LogP contribution in [0.2, 0.25) is 0 Å². The summed E-state index contributed by atoms with van der Waals surface area (Å²) < 4.78 is 77.3. The quantitative estimate of drug-likeness (QED) is 0.0360. The molecule has 0 bridgehead atoms. The highest BCUT2D eigenvalue weighted by atomic mass is 16.8. The zero-order chi connectivity index (χ0) is 43.0. The predicted molar refractivity (Wildman–Crippen MR) is 230 cm³/mol. The van der Waals surface area contributed by atoms with Crippen molar-refractivity contribution in [3.05, 3.63) is 35.9 Å². The highest BCUT2D eigenvalue weighted by Crippen LogP contribution is 2.37. The zero-order valence-electron chi connectivity index (χ0n) is 38.1. The van der Waals surface area contributed by atoms with Crippen molar-refractivity contribution in [2.75, 3.05) is 72.7 Å². The Hall–Kier alpha value is -1.75. The van der Waals surface area contributed by atoms with Gasteiger partial charge in [-0.1, -0.05) is 110 Å². The van der Waals surface area contributed by atoms with E-state index in [-0.39, 0.29) is 45.4 Å². The maximum Gasteiger partial charge on any atom is 0.305 e. The third kappa shape index (κ3) is 20.6. The molecule has 3 rings (SSSR count). The lowest BCUT2D eigenvalue weighted by Crippen LogP contribution is -2.64. The molecule has 1 aromatic carbocycles. The second-order valence-corrected chi connectivity index (χ2v) is 15.7. The van der Waals surface area contributed by atoms with E-state index < -0.39 is 55.5 Å². The first kappa shape index (κ1) is 52.6. The van der Waals surface area contributed by atoms with Crippen LogP contribution in [-0.4, -0.2) is 128 Å². The average Bonchev–Trinajstić information content (AvgIpc) is 3.26. The third-order valence-corrected chi connectivity index (χ3v) is 10.4. The van der Waals surface area contributed by atoms with Gasteiger partial charge in [-0.3, -0.25) is 4.79 Å². The molecular formula is C47H82O13. The summed E-state index contributed by atoms with van der Waals surface area (Å²) in [5.74, 6) is -0.227. The standard InChI is InChI=1S/C47H82O13/c1-7-13-26-49-33-38(57-42(36-51-28-15-9-3)53-32-22-25-41(48)52-29-16-10-4)39(34-50-27-14-8-2)58-47-45(55-31-18-12-6)44(54-30-17-11-5)43-40(59-47)35-56-46(60-43)37-23-20-19-21-24-37/h19-21,23-24,38-40,42-47H,7-18,22,25-36H2,1-6H3/t38?,39-,40?,42+,43-,44?,45?,46?,47+/m0/s1. The minimum Gasteiger partial charge on any atom is -0.466 e. The van der Waals surface area contributed by atoms with Gasteiger partial charge in [0.25, 0.3) is 0 Å². The fourth-order valence-electron chi connectivity index (χ4n) is 6.64. The lowest BCUT2D eigenvalue weighted by atomic mass is 9.97. The fourth-order valence-corrected chi connectivity index (χ4v) is 6.64.